The van der Waals surface area contributed by atoms with Gasteiger partial charge in [0.15, 0.2) is 0 Å². The van der Waals surface area contributed by atoms with Crippen molar-refractivity contribution in [1.82, 2.24) is 4.90 Å². The molecule has 0 aromatic carbocycles. The fourth-order valence-electron chi connectivity index (χ4n) is 2.64. The SMILES string of the molecule is CC1(C)CCC(CN2C(=O)CCC2C(=O)O)O1. The number of amides is 1. The van der Waals surface area contributed by atoms with Crippen LogP contribution in [0.1, 0.15) is 39.5 Å². The molecule has 2 aliphatic heterocycles. The highest BCUT2D eigenvalue weighted by atomic mass is 16.5. The van der Waals surface area contributed by atoms with Crippen molar-refractivity contribution in [2.24, 2.45) is 0 Å². The third kappa shape index (κ3) is 2.60. The van der Waals surface area contributed by atoms with Crippen LogP contribution in [0.4, 0.5) is 0 Å². The van der Waals surface area contributed by atoms with Gasteiger partial charge in [0.25, 0.3) is 0 Å². The van der Waals surface area contributed by atoms with Crippen LogP contribution in [0.15, 0.2) is 0 Å². The Bertz CT molecular complexity index is 339. The van der Waals surface area contributed by atoms with Gasteiger partial charge in [-0.3, -0.25) is 4.79 Å². The van der Waals surface area contributed by atoms with Crippen molar-refractivity contribution < 1.29 is 19.4 Å². The maximum atomic E-state index is 11.6. The van der Waals surface area contributed by atoms with Crippen molar-refractivity contribution in [3.8, 4) is 0 Å². The van der Waals surface area contributed by atoms with E-state index >= 15 is 0 Å². The van der Waals surface area contributed by atoms with E-state index in [1.54, 1.807) is 0 Å². The molecule has 2 unspecified atom stereocenters. The van der Waals surface area contributed by atoms with Crippen molar-refractivity contribution in [1.29, 1.82) is 0 Å². The van der Waals surface area contributed by atoms with E-state index < -0.39 is 12.0 Å². The largest absolute Gasteiger partial charge is 0.480 e. The highest BCUT2D eigenvalue weighted by Crippen LogP contribution is 2.31. The van der Waals surface area contributed by atoms with Crippen LogP contribution in [0.3, 0.4) is 0 Å². The Morgan fingerprint density at radius 2 is 2.24 bits per heavy atom. The highest BCUT2D eigenvalue weighted by Gasteiger charge is 2.40. The van der Waals surface area contributed by atoms with Crippen molar-refractivity contribution in [3.05, 3.63) is 0 Å². The molecule has 2 aliphatic rings. The molecule has 2 saturated heterocycles. The third-order valence-electron chi connectivity index (χ3n) is 3.57. The van der Waals surface area contributed by atoms with Gasteiger partial charge in [-0.05, 0) is 33.1 Å². The number of aliphatic carboxylic acids is 1. The van der Waals surface area contributed by atoms with Gasteiger partial charge < -0.3 is 14.7 Å². The minimum absolute atomic E-state index is 0.0195. The zero-order chi connectivity index (χ0) is 12.6. The van der Waals surface area contributed by atoms with Crippen molar-refractivity contribution in [2.75, 3.05) is 6.54 Å². The fraction of sp³-hybridized carbons (Fsp3) is 0.833. The summed E-state index contributed by atoms with van der Waals surface area (Å²) in [5, 5.41) is 9.04. The topological polar surface area (TPSA) is 66.8 Å². The fourth-order valence-corrected chi connectivity index (χ4v) is 2.64. The molecular formula is C12H19NO4. The highest BCUT2D eigenvalue weighted by molar-refractivity contribution is 5.87. The van der Waals surface area contributed by atoms with Crippen molar-refractivity contribution >= 4 is 11.9 Å². The molecule has 0 aromatic rings. The summed E-state index contributed by atoms with van der Waals surface area (Å²) in [6, 6.07) is -0.658. The number of likely N-dealkylation sites (tertiary alicyclic amines) is 1. The molecule has 1 amide bonds. The average molecular weight is 241 g/mol. The zero-order valence-corrected chi connectivity index (χ0v) is 10.3. The molecular weight excluding hydrogens is 222 g/mol. The first-order chi connectivity index (χ1) is 7.89. The predicted molar refractivity (Wildman–Crippen MR) is 60.6 cm³/mol. The molecule has 0 bridgehead atoms. The average Bonchev–Trinajstić information content (AvgIpc) is 2.72. The van der Waals surface area contributed by atoms with Crippen LogP contribution >= 0.6 is 0 Å². The number of carbonyl (C=O) groups excluding carboxylic acids is 1. The number of ether oxygens (including phenoxy) is 1. The maximum Gasteiger partial charge on any atom is 0.326 e. The van der Waals surface area contributed by atoms with Crippen molar-refractivity contribution in [2.45, 2.75) is 57.3 Å². The summed E-state index contributed by atoms with van der Waals surface area (Å²) in [6.45, 7) is 4.46. The van der Waals surface area contributed by atoms with Crippen LogP contribution in [0, 0.1) is 0 Å². The lowest BCUT2D eigenvalue weighted by Crippen LogP contribution is -2.43. The molecule has 5 heteroatoms. The monoisotopic (exact) mass is 241 g/mol. The molecule has 2 fully saturated rings. The standard InChI is InChI=1S/C12H19NO4/c1-12(2)6-5-8(17-12)7-13-9(11(15)16)3-4-10(13)14/h8-9H,3-7H2,1-2H3,(H,15,16). The summed E-state index contributed by atoms with van der Waals surface area (Å²) < 4.78 is 5.80. The summed E-state index contributed by atoms with van der Waals surface area (Å²) in [6.07, 6.45) is 2.59. The quantitative estimate of drug-likeness (QED) is 0.801. The maximum absolute atomic E-state index is 11.6. The van der Waals surface area contributed by atoms with E-state index in [-0.39, 0.29) is 17.6 Å². The van der Waals surface area contributed by atoms with Gasteiger partial charge in [0.1, 0.15) is 6.04 Å². The number of carboxylic acid groups (broad SMARTS) is 1. The lowest BCUT2D eigenvalue weighted by Gasteiger charge is -2.26. The first-order valence-electron chi connectivity index (χ1n) is 6.09. The molecule has 17 heavy (non-hydrogen) atoms. The third-order valence-corrected chi connectivity index (χ3v) is 3.57. The molecule has 0 aliphatic carbocycles. The van der Waals surface area contributed by atoms with Crippen LogP contribution in [0.2, 0.25) is 0 Å². The van der Waals surface area contributed by atoms with Gasteiger partial charge in [-0.1, -0.05) is 0 Å². The van der Waals surface area contributed by atoms with Crippen LogP contribution in [-0.4, -0.2) is 46.2 Å². The molecule has 1 N–H and O–H groups in total. The predicted octanol–water partition coefficient (Wildman–Crippen LogP) is 1.02. The van der Waals surface area contributed by atoms with E-state index in [2.05, 4.69) is 0 Å². The zero-order valence-electron chi connectivity index (χ0n) is 10.3. The minimum atomic E-state index is -0.909. The first kappa shape index (κ1) is 12.4. The Hall–Kier alpha value is -1.10. The van der Waals surface area contributed by atoms with Gasteiger partial charge in [0, 0.05) is 13.0 Å². The molecule has 0 saturated carbocycles. The molecule has 2 atom stereocenters. The van der Waals surface area contributed by atoms with Gasteiger partial charge >= 0.3 is 5.97 Å². The second-order valence-corrected chi connectivity index (χ2v) is 5.48. The Kier molecular flexibility index (Phi) is 3.12. The second kappa shape index (κ2) is 4.29. The molecule has 2 heterocycles. The van der Waals surface area contributed by atoms with E-state index in [4.69, 9.17) is 9.84 Å². The molecule has 0 radical (unpaired) electrons. The van der Waals surface area contributed by atoms with E-state index in [1.165, 1.54) is 4.90 Å². The van der Waals surface area contributed by atoms with E-state index in [9.17, 15) is 9.59 Å². The van der Waals surface area contributed by atoms with E-state index in [1.807, 2.05) is 13.8 Å². The summed E-state index contributed by atoms with van der Waals surface area (Å²) in [5.41, 5.74) is -0.147. The van der Waals surface area contributed by atoms with Gasteiger partial charge in [0.05, 0.1) is 11.7 Å². The van der Waals surface area contributed by atoms with Crippen LogP contribution < -0.4 is 0 Å². The smallest absolute Gasteiger partial charge is 0.326 e. The lowest BCUT2D eigenvalue weighted by atomic mass is 10.1. The molecule has 0 aromatic heterocycles. The van der Waals surface area contributed by atoms with E-state index in [0.717, 1.165) is 12.8 Å². The summed E-state index contributed by atoms with van der Waals surface area (Å²) in [4.78, 5) is 24.1. The second-order valence-electron chi connectivity index (χ2n) is 5.48. The summed E-state index contributed by atoms with van der Waals surface area (Å²) >= 11 is 0. The normalized spacial score (nSPS) is 32.1. The number of hydrogen-bond donors (Lipinski definition) is 1. The Morgan fingerprint density at radius 3 is 2.76 bits per heavy atom. The van der Waals surface area contributed by atoms with E-state index in [0.29, 0.717) is 19.4 Å². The van der Waals surface area contributed by atoms with Crippen LogP contribution in [-0.2, 0) is 14.3 Å². The molecule has 5 nitrogen and oxygen atoms in total. The Labute approximate surface area is 101 Å². The summed E-state index contributed by atoms with van der Waals surface area (Å²) in [7, 11) is 0. The van der Waals surface area contributed by atoms with Gasteiger partial charge in [0.2, 0.25) is 5.91 Å². The van der Waals surface area contributed by atoms with Crippen LogP contribution in [0.25, 0.3) is 0 Å². The first-order valence-corrected chi connectivity index (χ1v) is 6.09. The summed E-state index contributed by atoms with van der Waals surface area (Å²) in [5.74, 6) is -0.973. The molecule has 0 spiro atoms. The lowest BCUT2D eigenvalue weighted by molar-refractivity contribution is -0.147. The van der Waals surface area contributed by atoms with Gasteiger partial charge in [-0.25, -0.2) is 4.79 Å². The number of carboxylic acids is 1. The number of rotatable bonds is 3. The molecule has 2 rings (SSSR count). The van der Waals surface area contributed by atoms with Crippen LogP contribution in [0.5, 0.6) is 0 Å². The molecule has 96 valence electrons. The Morgan fingerprint density at radius 1 is 1.53 bits per heavy atom. The van der Waals surface area contributed by atoms with Crippen molar-refractivity contribution in [3.63, 3.8) is 0 Å². The minimum Gasteiger partial charge on any atom is -0.480 e. The number of hydrogen-bond acceptors (Lipinski definition) is 3. The van der Waals surface area contributed by atoms with Gasteiger partial charge in [-0.2, -0.15) is 0 Å². The number of nitrogens with zero attached hydrogens (tertiary/aromatic N) is 1. The van der Waals surface area contributed by atoms with Gasteiger partial charge in [-0.15, -0.1) is 0 Å². The Balaban J connectivity index is 1.98. The number of carbonyl (C=O) groups is 2.